The Balaban J connectivity index is 1.68. The molecular formula is C26H31N3O5S. The highest BCUT2D eigenvalue weighted by atomic mass is 32.1. The van der Waals surface area contributed by atoms with Crippen LogP contribution in [0.5, 0.6) is 5.75 Å². The summed E-state index contributed by atoms with van der Waals surface area (Å²) in [4.78, 5) is 34.8. The van der Waals surface area contributed by atoms with Crippen LogP contribution in [0.1, 0.15) is 42.0 Å². The molecule has 1 N–H and O–H groups in total. The van der Waals surface area contributed by atoms with E-state index in [2.05, 4.69) is 11.9 Å². The van der Waals surface area contributed by atoms with Crippen LogP contribution in [0.15, 0.2) is 42.7 Å². The molecule has 1 aromatic carbocycles. The smallest absolute Gasteiger partial charge is 0.410 e. The van der Waals surface area contributed by atoms with Crippen LogP contribution in [0, 0.1) is 6.92 Å². The zero-order valence-corrected chi connectivity index (χ0v) is 21.3. The fourth-order valence-corrected chi connectivity index (χ4v) is 4.45. The number of ether oxygens (including phenoxy) is 2. The molecule has 0 aliphatic rings. The van der Waals surface area contributed by atoms with Crippen LogP contribution in [-0.2, 0) is 28.9 Å². The minimum atomic E-state index is -0.867. The number of thiazole rings is 1. The first-order chi connectivity index (χ1) is 16.7. The standard InChI is InChI=1S/C26H31N3O5S/c1-17(2)34-26(32)29(4)16-21-15-22(7-5-19(21)6-8-24(30)31)33-14-11-23-18(3)35-25(28-23)20-9-12-27-13-10-20/h5,7,9-10,12-13,15,17H,6,8,11,14,16H2,1-4H3,(H,30,31). The Morgan fingerprint density at radius 3 is 2.54 bits per heavy atom. The minimum absolute atomic E-state index is 0.0102. The molecule has 0 spiro atoms. The number of carboxylic acids is 1. The fraction of sp³-hybridized carbons (Fsp3) is 0.385. The van der Waals surface area contributed by atoms with E-state index in [1.807, 2.05) is 30.3 Å². The molecule has 3 aromatic rings. The van der Waals surface area contributed by atoms with Gasteiger partial charge >= 0.3 is 12.1 Å². The van der Waals surface area contributed by atoms with Gasteiger partial charge in [-0.1, -0.05) is 6.07 Å². The summed E-state index contributed by atoms with van der Waals surface area (Å²) >= 11 is 1.65. The quantitative estimate of drug-likeness (QED) is 0.392. The van der Waals surface area contributed by atoms with Crippen LogP contribution in [0.25, 0.3) is 10.6 Å². The third-order valence-electron chi connectivity index (χ3n) is 5.27. The molecule has 186 valence electrons. The number of carbonyl (C=O) groups is 2. The Labute approximate surface area is 209 Å². The second-order valence-electron chi connectivity index (χ2n) is 8.47. The lowest BCUT2D eigenvalue weighted by atomic mass is 10.0. The molecule has 8 nitrogen and oxygen atoms in total. The summed E-state index contributed by atoms with van der Waals surface area (Å²) in [7, 11) is 1.66. The maximum atomic E-state index is 12.3. The van der Waals surface area contributed by atoms with Crippen molar-refractivity contribution in [3.63, 3.8) is 0 Å². The third kappa shape index (κ3) is 7.78. The molecule has 3 rings (SSSR count). The number of benzene rings is 1. The Bertz CT molecular complexity index is 1150. The van der Waals surface area contributed by atoms with Crippen LogP contribution in [0.3, 0.4) is 0 Å². The number of nitrogens with zero attached hydrogens (tertiary/aromatic N) is 3. The molecule has 0 saturated carbocycles. The summed E-state index contributed by atoms with van der Waals surface area (Å²) in [5.41, 5.74) is 3.73. The molecule has 0 aliphatic heterocycles. The third-order valence-corrected chi connectivity index (χ3v) is 6.33. The number of hydrogen-bond donors (Lipinski definition) is 1. The molecule has 0 bridgehead atoms. The van der Waals surface area contributed by atoms with Gasteiger partial charge in [0.15, 0.2) is 0 Å². The zero-order valence-electron chi connectivity index (χ0n) is 20.5. The summed E-state index contributed by atoms with van der Waals surface area (Å²) < 4.78 is 11.3. The Kier molecular flexibility index (Phi) is 9.19. The first kappa shape index (κ1) is 26.2. The van der Waals surface area contributed by atoms with Gasteiger partial charge in [0.2, 0.25) is 0 Å². The van der Waals surface area contributed by atoms with E-state index in [0.29, 0.717) is 25.2 Å². The molecule has 0 aliphatic carbocycles. The molecule has 35 heavy (non-hydrogen) atoms. The lowest BCUT2D eigenvalue weighted by Crippen LogP contribution is -2.29. The number of amides is 1. The number of carboxylic acid groups (broad SMARTS) is 1. The molecule has 2 heterocycles. The maximum absolute atomic E-state index is 12.3. The van der Waals surface area contributed by atoms with Crippen molar-refractivity contribution in [2.75, 3.05) is 13.7 Å². The van der Waals surface area contributed by atoms with Crippen molar-refractivity contribution in [2.24, 2.45) is 0 Å². The van der Waals surface area contributed by atoms with Crippen molar-refractivity contribution in [2.45, 2.75) is 52.7 Å². The molecule has 0 unspecified atom stereocenters. The first-order valence-corrected chi connectivity index (χ1v) is 12.3. The van der Waals surface area contributed by atoms with Crippen LogP contribution in [0.2, 0.25) is 0 Å². The number of rotatable bonds is 11. The van der Waals surface area contributed by atoms with E-state index in [-0.39, 0.29) is 19.1 Å². The van der Waals surface area contributed by atoms with Gasteiger partial charge in [0.1, 0.15) is 10.8 Å². The molecular weight excluding hydrogens is 466 g/mol. The number of aromatic nitrogens is 2. The van der Waals surface area contributed by atoms with E-state index in [4.69, 9.17) is 19.6 Å². The minimum Gasteiger partial charge on any atom is -0.493 e. The van der Waals surface area contributed by atoms with Gasteiger partial charge in [-0.2, -0.15) is 0 Å². The molecule has 0 saturated heterocycles. The number of aliphatic carboxylic acids is 1. The van der Waals surface area contributed by atoms with Crippen molar-refractivity contribution < 1.29 is 24.2 Å². The number of pyridine rings is 1. The van der Waals surface area contributed by atoms with Gasteiger partial charge in [-0.25, -0.2) is 9.78 Å². The zero-order chi connectivity index (χ0) is 25.4. The van der Waals surface area contributed by atoms with Crippen molar-refractivity contribution in [3.05, 3.63) is 64.4 Å². The topological polar surface area (TPSA) is 102 Å². The predicted molar refractivity (Wildman–Crippen MR) is 135 cm³/mol. The van der Waals surface area contributed by atoms with Gasteiger partial charge in [0.25, 0.3) is 0 Å². The van der Waals surface area contributed by atoms with Gasteiger partial charge in [0, 0.05) is 49.3 Å². The lowest BCUT2D eigenvalue weighted by molar-refractivity contribution is -0.136. The lowest BCUT2D eigenvalue weighted by Gasteiger charge is -2.21. The van der Waals surface area contributed by atoms with E-state index >= 15 is 0 Å². The fourth-order valence-electron chi connectivity index (χ4n) is 3.48. The summed E-state index contributed by atoms with van der Waals surface area (Å²) in [5.74, 6) is -0.208. The monoisotopic (exact) mass is 497 g/mol. The molecule has 9 heteroatoms. The van der Waals surface area contributed by atoms with Crippen LogP contribution in [-0.4, -0.2) is 51.8 Å². The molecule has 0 atom stereocenters. The van der Waals surface area contributed by atoms with Gasteiger partial charge in [0.05, 0.1) is 18.4 Å². The van der Waals surface area contributed by atoms with Gasteiger partial charge < -0.3 is 19.5 Å². The number of aryl methyl sites for hydroxylation is 2. The van der Waals surface area contributed by atoms with Crippen molar-refractivity contribution >= 4 is 23.4 Å². The molecule has 0 fully saturated rings. The van der Waals surface area contributed by atoms with E-state index in [9.17, 15) is 9.59 Å². The predicted octanol–water partition coefficient (Wildman–Crippen LogP) is 5.13. The van der Waals surface area contributed by atoms with Crippen LogP contribution < -0.4 is 4.74 Å². The normalized spacial score (nSPS) is 10.9. The SMILES string of the molecule is Cc1sc(-c2ccncc2)nc1CCOc1ccc(CCC(=O)O)c(CN(C)C(=O)OC(C)C)c1. The summed E-state index contributed by atoms with van der Waals surface area (Å²) in [6, 6.07) is 9.46. The highest BCUT2D eigenvalue weighted by Gasteiger charge is 2.16. The first-order valence-electron chi connectivity index (χ1n) is 11.5. The van der Waals surface area contributed by atoms with E-state index in [1.165, 1.54) is 4.90 Å². The average Bonchev–Trinajstić information content (AvgIpc) is 3.19. The van der Waals surface area contributed by atoms with E-state index in [1.54, 1.807) is 44.6 Å². The average molecular weight is 498 g/mol. The summed E-state index contributed by atoms with van der Waals surface area (Å²) in [6.07, 6.45) is 3.90. The van der Waals surface area contributed by atoms with Crippen molar-refractivity contribution in [1.29, 1.82) is 0 Å². The van der Waals surface area contributed by atoms with E-state index < -0.39 is 12.1 Å². The van der Waals surface area contributed by atoms with Crippen LogP contribution >= 0.6 is 11.3 Å². The second kappa shape index (κ2) is 12.3. The highest BCUT2D eigenvalue weighted by Crippen LogP contribution is 2.28. The Morgan fingerprint density at radius 2 is 1.86 bits per heavy atom. The van der Waals surface area contributed by atoms with Crippen molar-refractivity contribution in [3.8, 4) is 16.3 Å². The summed E-state index contributed by atoms with van der Waals surface area (Å²) in [5, 5.41) is 10.1. The highest BCUT2D eigenvalue weighted by molar-refractivity contribution is 7.15. The number of carbonyl (C=O) groups excluding carboxylic acids is 1. The maximum Gasteiger partial charge on any atom is 0.410 e. The molecule has 0 radical (unpaired) electrons. The molecule has 2 aromatic heterocycles. The summed E-state index contributed by atoms with van der Waals surface area (Å²) in [6.45, 7) is 6.38. The van der Waals surface area contributed by atoms with Crippen LogP contribution in [0.4, 0.5) is 4.79 Å². The largest absolute Gasteiger partial charge is 0.493 e. The Morgan fingerprint density at radius 1 is 1.11 bits per heavy atom. The number of hydrogen-bond acceptors (Lipinski definition) is 7. The van der Waals surface area contributed by atoms with Gasteiger partial charge in [-0.05, 0) is 62.6 Å². The molecule has 1 amide bonds. The van der Waals surface area contributed by atoms with Gasteiger partial charge in [-0.3, -0.25) is 9.78 Å². The van der Waals surface area contributed by atoms with Crippen molar-refractivity contribution in [1.82, 2.24) is 14.9 Å². The van der Waals surface area contributed by atoms with E-state index in [0.717, 1.165) is 32.3 Å². The van der Waals surface area contributed by atoms with Gasteiger partial charge in [-0.15, -0.1) is 11.3 Å². The second-order valence-corrected chi connectivity index (χ2v) is 9.67. The Hall–Kier alpha value is -3.46.